The van der Waals surface area contributed by atoms with Gasteiger partial charge in [0.15, 0.2) is 5.15 Å². The summed E-state index contributed by atoms with van der Waals surface area (Å²) in [5.41, 5.74) is 2.12. The lowest BCUT2D eigenvalue weighted by molar-refractivity contribution is -0.139. The van der Waals surface area contributed by atoms with E-state index < -0.39 is 12.7 Å². The number of piperidine rings is 1. The van der Waals surface area contributed by atoms with Crippen molar-refractivity contribution in [3.8, 4) is 0 Å². The first-order valence-corrected chi connectivity index (χ1v) is 9.53. The van der Waals surface area contributed by atoms with Gasteiger partial charge < -0.3 is 14.4 Å². The predicted octanol–water partition coefficient (Wildman–Crippen LogP) is 4.33. The lowest BCUT2D eigenvalue weighted by atomic mass is 10.0. The smallest absolute Gasteiger partial charge is 0.371 e. The molecule has 3 aromatic rings. The van der Waals surface area contributed by atoms with Gasteiger partial charge in [-0.05, 0) is 45.1 Å². The van der Waals surface area contributed by atoms with Crippen LogP contribution in [0.4, 0.5) is 18.9 Å². The minimum atomic E-state index is -4.37. The Hall–Kier alpha value is -2.06. The summed E-state index contributed by atoms with van der Waals surface area (Å²) in [4.78, 5) is 12.6. The molecule has 1 saturated heterocycles. The van der Waals surface area contributed by atoms with E-state index in [1.807, 2.05) is 12.1 Å². The Bertz CT molecular complexity index is 1010. The largest absolute Gasteiger partial charge is 0.406 e. The fourth-order valence-electron chi connectivity index (χ4n) is 4.04. The van der Waals surface area contributed by atoms with Crippen LogP contribution < -0.4 is 4.90 Å². The van der Waals surface area contributed by atoms with Crippen molar-refractivity contribution < 1.29 is 13.2 Å². The first-order valence-electron chi connectivity index (χ1n) is 9.15. The van der Waals surface area contributed by atoms with E-state index in [1.165, 1.54) is 6.33 Å². The Balaban J connectivity index is 1.78. The molecule has 150 valence electrons. The number of hydrogen-bond acceptors (Lipinski definition) is 4. The third-order valence-corrected chi connectivity index (χ3v) is 5.75. The number of hydrogen-bond donors (Lipinski definition) is 0. The van der Waals surface area contributed by atoms with Gasteiger partial charge in [-0.25, -0.2) is 9.97 Å². The summed E-state index contributed by atoms with van der Waals surface area (Å²) in [5, 5.41) is 0.689. The minimum Gasteiger partial charge on any atom is -0.371 e. The minimum absolute atomic E-state index is 0.0267. The molecular formula is C19H21ClF3N5. The van der Waals surface area contributed by atoms with E-state index in [1.54, 1.807) is 6.07 Å². The second kappa shape index (κ2) is 7.08. The maximum Gasteiger partial charge on any atom is 0.406 e. The van der Waals surface area contributed by atoms with Crippen LogP contribution in [0.5, 0.6) is 0 Å². The van der Waals surface area contributed by atoms with Gasteiger partial charge in [0.25, 0.3) is 0 Å². The van der Waals surface area contributed by atoms with Crippen LogP contribution in [0.3, 0.4) is 0 Å². The molecule has 1 fully saturated rings. The normalized spacial score (nSPS) is 16.6. The fourth-order valence-corrected chi connectivity index (χ4v) is 4.28. The average molecular weight is 412 g/mol. The van der Waals surface area contributed by atoms with Gasteiger partial charge in [0.05, 0.1) is 5.52 Å². The zero-order chi connectivity index (χ0) is 20.1. The molecule has 1 aliphatic heterocycles. The molecule has 0 bridgehead atoms. The number of rotatable bonds is 3. The summed E-state index contributed by atoms with van der Waals surface area (Å²) in [7, 11) is 4.18. The lowest BCUT2D eigenvalue weighted by Gasteiger charge is -2.36. The topological polar surface area (TPSA) is 37.2 Å². The second-order valence-electron chi connectivity index (χ2n) is 7.45. The van der Waals surface area contributed by atoms with Crippen molar-refractivity contribution in [3.05, 3.63) is 29.7 Å². The van der Waals surface area contributed by atoms with E-state index >= 15 is 0 Å². The van der Waals surface area contributed by atoms with Crippen molar-refractivity contribution in [2.24, 2.45) is 0 Å². The van der Waals surface area contributed by atoms with Gasteiger partial charge in [-0.2, -0.15) is 13.2 Å². The van der Waals surface area contributed by atoms with Crippen LogP contribution >= 0.6 is 11.6 Å². The molecule has 1 aromatic carbocycles. The fraction of sp³-hybridized carbons (Fsp3) is 0.474. The van der Waals surface area contributed by atoms with Gasteiger partial charge in [0.2, 0.25) is 0 Å². The highest BCUT2D eigenvalue weighted by Crippen LogP contribution is 2.36. The summed E-state index contributed by atoms with van der Waals surface area (Å²) >= 11 is 6.14. The number of nitrogens with zero attached hydrogens (tertiary/aromatic N) is 5. The van der Waals surface area contributed by atoms with Gasteiger partial charge in [0.1, 0.15) is 23.9 Å². The molecule has 0 amide bonds. The molecular weight excluding hydrogens is 391 g/mol. The Labute approximate surface area is 165 Å². The summed E-state index contributed by atoms with van der Waals surface area (Å²) < 4.78 is 40.6. The van der Waals surface area contributed by atoms with Crippen LogP contribution in [0.25, 0.3) is 21.9 Å². The zero-order valence-corrected chi connectivity index (χ0v) is 16.4. The van der Waals surface area contributed by atoms with Crippen LogP contribution in [0.2, 0.25) is 5.15 Å². The maximum absolute atomic E-state index is 13.2. The number of alkyl halides is 3. The number of aromatic nitrogens is 3. The molecule has 4 rings (SSSR count). The van der Waals surface area contributed by atoms with E-state index in [2.05, 4.69) is 33.9 Å². The van der Waals surface area contributed by atoms with Crippen LogP contribution in [0.1, 0.15) is 12.8 Å². The van der Waals surface area contributed by atoms with E-state index in [-0.39, 0.29) is 10.7 Å². The second-order valence-corrected chi connectivity index (χ2v) is 7.80. The van der Waals surface area contributed by atoms with Crippen molar-refractivity contribution in [3.63, 3.8) is 0 Å². The summed E-state index contributed by atoms with van der Waals surface area (Å²) in [6, 6.07) is 6.09. The molecule has 0 saturated carbocycles. The third-order valence-electron chi connectivity index (χ3n) is 5.47. The number of halogens is 4. The molecule has 0 unspecified atom stereocenters. The maximum atomic E-state index is 13.2. The predicted molar refractivity (Wildman–Crippen MR) is 105 cm³/mol. The Morgan fingerprint density at radius 3 is 2.54 bits per heavy atom. The standard InChI is InChI=1S/C19H21ClF3N5/c1-26(2)12-5-7-27(8-6-12)13-3-4-15-14(9-13)16-17(18(20)25-11-24-16)28(15)10-19(21,22)23/h3-4,9,11-12H,5-8,10H2,1-2H3. The molecule has 2 aromatic heterocycles. The van der Waals surface area contributed by atoms with Crippen LogP contribution in [-0.2, 0) is 6.54 Å². The average Bonchev–Trinajstić information content (AvgIpc) is 2.95. The summed E-state index contributed by atoms with van der Waals surface area (Å²) in [6.45, 7) is 0.685. The van der Waals surface area contributed by atoms with Crippen molar-refractivity contribution in [1.29, 1.82) is 0 Å². The molecule has 0 N–H and O–H groups in total. The molecule has 28 heavy (non-hydrogen) atoms. The van der Waals surface area contributed by atoms with E-state index in [0.29, 0.717) is 22.5 Å². The SMILES string of the molecule is CN(C)C1CCN(c2ccc3c(c2)c2ncnc(Cl)c2n3CC(F)(F)F)CC1. The zero-order valence-electron chi connectivity index (χ0n) is 15.7. The van der Waals surface area contributed by atoms with Crippen molar-refractivity contribution in [2.45, 2.75) is 31.6 Å². The Morgan fingerprint density at radius 1 is 1.18 bits per heavy atom. The molecule has 0 atom stereocenters. The molecule has 9 heteroatoms. The molecule has 5 nitrogen and oxygen atoms in total. The van der Waals surface area contributed by atoms with Gasteiger partial charge in [-0.1, -0.05) is 11.6 Å². The van der Waals surface area contributed by atoms with Crippen LogP contribution in [-0.4, -0.2) is 58.8 Å². The molecule has 0 radical (unpaired) electrons. The lowest BCUT2D eigenvalue weighted by Crippen LogP contribution is -2.41. The van der Waals surface area contributed by atoms with Crippen molar-refractivity contribution in [1.82, 2.24) is 19.4 Å². The number of benzene rings is 1. The highest BCUT2D eigenvalue weighted by atomic mass is 35.5. The molecule has 0 spiro atoms. The van der Waals surface area contributed by atoms with Gasteiger partial charge >= 0.3 is 6.18 Å². The number of anilines is 1. The highest BCUT2D eigenvalue weighted by Gasteiger charge is 2.31. The van der Waals surface area contributed by atoms with Crippen LogP contribution in [0, 0.1) is 0 Å². The molecule has 1 aliphatic rings. The van der Waals surface area contributed by atoms with E-state index in [9.17, 15) is 13.2 Å². The first kappa shape index (κ1) is 19.3. The molecule has 3 heterocycles. The van der Waals surface area contributed by atoms with E-state index in [0.717, 1.165) is 36.2 Å². The summed E-state index contributed by atoms with van der Waals surface area (Å²) in [6.07, 6.45) is -0.980. The van der Waals surface area contributed by atoms with Crippen molar-refractivity contribution in [2.75, 3.05) is 32.1 Å². The van der Waals surface area contributed by atoms with Gasteiger partial charge in [-0.15, -0.1) is 0 Å². The monoisotopic (exact) mass is 411 g/mol. The Morgan fingerprint density at radius 2 is 1.89 bits per heavy atom. The quantitative estimate of drug-likeness (QED) is 0.601. The van der Waals surface area contributed by atoms with Crippen LogP contribution in [0.15, 0.2) is 24.5 Å². The van der Waals surface area contributed by atoms with Gasteiger partial charge in [-0.3, -0.25) is 0 Å². The van der Waals surface area contributed by atoms with Gasteiger partial charge in [0, 0.05) is 30.2 Å². The first-order chi connectivity index (χ1) is 13.2. The molecule has 0 aliphatic carbocycles. The number of fused-ring (bicyclic) bond motifs is 3. The third kappa shape index (κ3) is 3.51. The highest BCUT2D eigenvalue weighted by molar-refractivity contribution is 6.34. The van der Waals surface area contributed by atoms with E-state index in [4.69, 9.17) is 11.6 Å². The Kier molecular flexibility index (Phi) is 4.87. The van der Waals surface area contributed by atoms with Crippen molar-refractivity contribution >= 4 is 39.2 Å². The summed E-state index contributed by atoms with van der Waals surface area (Å²) in [5.74, 6) is 0.